The van der Waals surface area contributed by atoms with E-state index >= 15 is 0 Å². The third-order valence-corrected chi connectivity index (χ3v) is 4.81. The predicted octanol–water partition coefficient (Wildman–Crippen LogP) is 4.84. The van der Waals surface area contributed by atoms with Crippen molar-refractivity contribution in [1.29, 1.82) is 0 Å². The number of benzene rings is 1. The van der Waals surface area contributed by atoms with E-state index < -0.39 is 6.10 Å². The first-order valence-corrected chi connectivity index (χ1v) is 7.54. The molecule has 1 atom stereocenters. The average Bonchev–Trinajstić information content (AvgIpc) is 2.41. The number of hydrogen-bond acceptors (Lipinski definition) is 1. The summed E-state index contributed by atoms with van der Waals surface area (Å²) in [6.45, 7) is 2.23. The fraction of sp³-hybridized carbons (Fsp3) is 0.600. The summed E-state index contributed by atoms with van der Waals surface area (Å²) in [7, 11) is 0. The zero-order valence-electron chi connectivity index (χ0n) is 10.7. The molecule has 0 bridgehead atoms. The SMILES string of the molecule is CCC1CCC(C(O)c2ccc(F)c(Br)c2)CC1. The Labute approximate surface area is 117 Å². The maximum atomic E-state index is 13.2. The summed E-state index contributed by atoms with van der Waals surface area (Å²) in [5, 5.41) is 10.4. The lowest BCUT2D eigenvalue weighted by atomic mass is 9.77. The highest BCUT2D eigenvalue weighted by Gasteiger charge is 2.26. The highest BCUT2D eigenvalue weighted by molar-refractivity contribution is 9.10. The van der Waals surface area contributed by atoms with Crippen molar-refractivity contribution in [1.82, 2.24) is 0 Å². The van der Waals surface area contributed by atoms with Crippen LogP contribution in [0.1, 0.15) is 50.7 Å². The molecule has 18 heavy (non-hydrogen) atoms. The first-order chi connectivity index (χ1) is 8.61. The van der Waals surface area contributed by atoms with Crippen LogP contribution in [-0.2, 0) is 0 Å². The Bertz CT molecular complexity index is 399. The monoisotopic (exact) mass is 314 g/mol. The molecule has 1 aromatic carbocycles. The Morgan fingerprint density at radius 1 is 1.33 bits per heavy atom. The van der Waals surface area contributed by atoms with Gasteiger partial charge in [0.25, 0.3) is 0 Å². The molecule has 2 rings (SSSR count). The topological polar surface area (TPSA) is 20.2 Å². The molecule has 0 amide bonds. The summed E-state index contributed by atoms with van der Waals surface area (Å²) in [6, 6.07) is 4.81. The normalized spacial score (nSPS) is 26.0. The van der Waals surface area contributed by atoms with Crippen molar-refractivity contribution in [2.45, 2.75) is 45.1 Å². The third-order valence-electron chi connectivity index (χ3n) is 4.20. The van der Waals surface area contributed by atoms with Gasteiger partial charge in [-0.25, -0.2) is 4.39 Å². The van der Waals surface area contributed by atoms with Gasteiger partial charge in [-0.1, -0.05) is 32.3 Å². The van der Waals surface area contributed by atoms with E-state index in [0.29, 0.717) is 10.4 Å². The van der Waals surface area contributed by atoms with E-state index in [1.165, 1.54) is 25.3 Å². The molecular formula is C15H20BrFO. The van der Waals surface area contributed by atoms with Crippen LogP contribution in [0.3, 0.4) is 0 Å². The summed E-state index contributed by atoms with van der Waals surface area (Å²) >= 11 is 3.17. The number of halogens is 2. The summed E-state index contributed by atoms with van der Waals surface area (Å²) < 4.78 is 13.6. The molecule has 1 fully saturated rings. The summed E-state index contributed by atoms with van der Waals surface area (Å²) in [5.41, 5.74) is 0.822. The van der Waals surface area contributed by atoms with E-state index in [0.717, 1.165) is 24.3 Å². The van der Waals surface area contributed by atoms with Crippen LogP contribution in [0.15, 0.2) is 22.7 Å². The van der Waals surface area contributed by atoms with Crippen LogP contribution in [0.5, 0.6) is 0 Å². The zero-order chi connectivity index (χ0) is 13.1. The Morgan fingerprint density at radius 2 is 2.00 bits per heavy atom. The van der Waals surface area contributed by atoms with Gasteiger partial charge in [0.15, 0.2) is 0 Å². The van der Waals surface area contributed by atoms with Gasteiger partial charge in [-0.2, -0.15) is 0 Å². The van der Waals surface area contributed by atoms with Crippen LogP contribution in [0, 0.1) is 17.7 Å². The zero-order valence-corrected chi connectivity index (χ0v) is 12.3. The van der Waals surface area contributed by atoms with Crippen molar-refractivity contribution in [3.63, 3.8) is 0 Å². The van der Waals surface area contributed by atoms with Crippen LogP contribution in [0.4, 0.5) is 4.39 Å². The van der Waals surface area contributed by atoms with Crippen LogP contribution in [0.2, 0.25) is 0 Å². The molecule has 0 spiro atoms. The first kappa shape index (κ1) is 14.0. The number of hydrogen-bond donors (Lipinski definition) is 1. The lowest BCUT2D eigenvalue weighted by Crippen LogP contribution is -2.20. The Kier molecular flexibility index (Phi) is 4.79. The largest absolute Gasteiger partial charge is 0.388 e. The predicted molar refractivity (Wildman–Crippen MR) is 74.8 cm³/mol. The van der Waals surface area contributed by atoms with Gasteiger partial charge >= 0.3 is 0 Å². The number of aliphatic hydroxyl groups excluding tert-OH is 1. The van der Waals surface area contributed by atoms with Gasteiger partial charge in [0.05, 0.1) is 10.6 Å². The molecule has 0 heterocycles. The molecule has 1 nitrogen and oxygen atoms in total. The standard InChI is InChI=1S/C15H20BrFO/c1-2-10-3-5-11(6-4-10)15(18)12-7-8-14(17)13(16)9-12/h7-11,15,18H,2-6H2,1H3. The van der Waals surface area contributed by atoms with E-state index in [9.17, 15) is 9.50 Å². The summed E-state index contributed by atoms with van der Waals surface area (Å²) in [5.74, 6) is 0.874. The average molecular weight is 315 g/mol. The summed E-state index contributed by atoms with van der Waals surface area (Å²) in [4.78, 5) is 0. The van der Waals surface area contributed by atoms with Crippen molar-refractivity contribution < 1.29 is 9.50 Å². The van der Waals surface area contributed by atoms with E-state index in [2.05, 4.69) is 22.9 Å². The van der Waals surface area contributed by atoms with E-state index in [1.54, 1.807) is 12.1 Å². The Balaban J connectivity index is 2.03. The molecule has 1 N–H and O–H groups in total. The van der Waals surface area contributed by atoms with Gasteiger partial charge in [0.1, 0.15) is 5.82 Å². The van der Waals surface area contributed by atoms with Gasteiger partial charge in [-0.05, 0) is 58.3 Å². The maximum Gasteiger partial charge on any atom is 0.137 e. The molecule has 0 aliphatic heterocycles. The minimum absolute atomic E-state index is 0.277. The molecule has 0 aromatic heterocycles. The smallest absolute Gasteiger partial charge is 0.137 e. The Hall–Kier alpha value is -0.410. The van der Waals surface area contributed by atoms with Gasteiger partial charge in [-0.15, -0.1) is 0 Å². The number of rotatable bonds is 3. The van der Waals surface area contributed by atoms with E-state index in [4.69, 9.17) is 0 Å². The van der Waals surface area contributed by atoms with E-state index in [-0.39, 0.29) is 5.82 Å². The van der Waals surface area contributed by atoms with Crippen LogP contribution >= 0.6 is 15.9 Å². The molecule has 3 heteroatoms. The highest BCUT2D eigenvalue weighted by Crippen LogP contribution is 2.38. The van der Waals surface area contributed by atoms with Gasteiger partial charge in [0, 0.05) is 0 Å². The van der Waals surface area contributed by atoms with Gasteiger partial charge < -0.3 is 5.11 Å². The van der Waals surface area contributed by atoms with Crippen LogP contribution < -0.4 is 0 Å². The first-order valence-electron chi connectivity index (χ1n) is 6.74. The van der Waals surface area contributed by atoms with E-state index in [1.807, 2.05) is 0 Å². The van der Waals surface area contributed by atoms with Crippen molar-refractivity contribution in [3.8, 4) is 0 Å². The van der Waals surface area contributed by atoms with Crippen molar-refractivity contribution in [3.05, 3.63) is 34.1 Å². The van der Waals surface area contributed by atoms with Crippen molar-refractivity contribution in [2.75, 3.05) is 0 Å². The van der Waals surface area contributed by atoms with Gasteiger partial charge in [0.2, 0.25) is 0 Å². The quantitative estimate of drug-likeness (QED) is 0.846. The lowest BCUT2D eigenvalue weighted by molar-refractivity contribution is 0.0728. The summed E-state index contributed by atoms with van der Waals surface area (Å²) in [6.07, 6.45) is 5.36. The molecule has 1 unspecified atom stereocenters. The van der Waals surface area contributed by atoms with Crippen LogP contribution in [0.25, 0.3) is 0 Å². The van der Waals surface area contributed by atoms with Crippen LogP contribution in [-0.4, -0.2) is 5.11 Å². The maximum absolute atomic E-state index is 13.2. The lowest BCUT2D eigenvalue weighted by Gasteiger charge is -2.31. The second-order valence-electron chi connectivity index (χ2n) is 5.31. The molecule has 100 valence electrons. The molecule has 1 aliphatic carbocycles. The molecule has 1 saturated carbocycles. The molecular weight excluding hydrogens is 295 g/mol. The molecule has 1 aromatic rings. The number of aliphatic hydroxyl groups is 1. The fourth-order valence-corrected chi connectivity index (χ4v) is 3.28. The molecule has 1 aliphatic rings. The second kappa shape index (κ2) is 6.16. The Morgan fingerprint density at radius 3 is 2.56 bits per heavy atom. The minimum atomic E-state index is -0.459. The van der Waals surface area contributed by atoms with Gasteiger partial charge in [-0.3, -0.25) is 0 Å². The second-order valence-corrected chi connectivity index (χ2v) is 6.16. The van der Waals surface area contributed by atoms with Crippen molar-refractivity contribution >= 4 is 15.9 Å². The fourth-order valence-electron chi connectivity index (χ4n) is 2.88. The van der Waals surface area contributed by atoms with Crippen molar-refractivity contribution in [2.24, 2.45) is 11.8 Å². The molecule has 0 radical (unpaired) electrons. The minimum Gasteiger partial charge on any atom is -0.388 e. The molecule has 0 saturated heterocycles. The highest BCUT2D eigenvalue weighted by atomic mass is 79.9. The third kappa shape index (κ3) is 3.12.